The van der Waals surface area contributed by atoms with E-state index in [1.807, 2.05) is 71.3 Å². The molecular formula is C40H35N3O3. The van der Waals surface area contributed by atoms with Crippen molar-refractivity contribution in [1.82, 2.24) is 4.57 Å². The van der Waals surface area contributed by atoms with E-state index in [9.17, 15) is 4.79 Å². The minimum atomic E-state index is -0.425. The lowest BCUT2D eigenvalue weighted by Gasteiger charge is -2.25. The van der Waals surface area contributed by atoms with Crippen molar-refractivity contribution < 1.29 is 13.9 Å². The number of para-hydroxylation sites is 3. The smallest absolute Gasteiger partial charge is 0.340 e. The molecule has 0 bridgehead atoms. The first-order valence-electron chi connectivity index (χ1n) is 15.4. The Bertz CT molecular complexity index is 2040. The Labute approximate surface area is 268 Å². The molecule has 1 aromatic heterocycles. The number of aromatic nitrogens is 1. The third-order valence-electron chi connectivity index (χ3n) is 7.60. The van der Waals surface area contributed by atoms with E-state index in [1.165, 1.54) is 5.56 Å². The van der Waals surface area contributed by atoms with E-state index < -0.39 is 5.97 Å². The summed E-state index contributed by atoms with van der Waals surface area (Å²) in [5, 5.41) is 0.697. The van der Waals surface area contributed by atoms with Crippen LogP contribution >= 0.6 is 0 Å². The fourth-order valence-corrected chi connectivity index (χ4v) is 5.30. The number of benzene rings is 5. The molecule has 6 rings (SSSR count). The second-order valence-electron chi connectivity index (χ2n) is 10.7. The van der Waals surface area contributed by atoms with E-state index in [0.29, 0.717) is 34.2 Å². The maximum atomic E-state index is 12.7. The highest BCUT2D eigenvalue weighted by Crippen LogP contribution is 2.34. The molecule has 6 nitrogen and oxygen atoms in total. The number of carbonyl (C=O) groups is 1. The van der Waals surface area contributed by atoms with Gasteiger partial charge in [-0.3, -0.25) is 4.57 Å². The summed E-state index contributed by atoms with van der Waals surface area (Å²) in [6.45, 7) is 7.04. The van der Waals surface area contributed by atoms with Gasteiger partial charge in [0, 0.05) is 23.6 Å². The van der Waals surface area contributed by atoms with Crippen LogP contribution in [0, 0.1) is 0 Å². The second kappa shape index (κ2) is 14.3. The van der Waals surface area contributed by atoms with Crippen LogP contribution in [0.3, 0.4) is 0 Å². The molecule has 0 aliphatic heterocycles. The number of nitrogens with zero attached hydrogens (tertiary/aromatic N) is 3. The summed E-state index contributed by atoms with van der Waals surface area (Å²) in [5.41, 5.74) is 7.14. The summed E-state index contributed by atoms with van der Waals surface area (Å²) < 4.78 is 13.6. The third kappa shape index (κ3) is 6.92. The molecule has 0 amide bonds. The van der Waals surface area contributed by atoms with Crippen LogP contribution in [0.4, 0.5) is 22.7 Å². The summed E-state index contributed by atoms with van der Waals surface area (Å²) in [4.78, 5) is 19.7. The molecule has 0 fully saturated rings. The Morgan fingerprint density at radius 3 is 1.98 bits per heavy atom. The van der Waals surface area contributed by atoms with E-state index in [4.69, 9.17) is 14.1 Å². The van der Waals surface area contributed by atoms with Crippen molar-refractivity contribution in [1.29, 1.82) is 0 Å². The van der Waals surface area contributed by atoms with Crippen molar-refractivity contribution >= 4 is 41.4 Å². The van der Waals surface area contributed by atoms with Gasteiger partial charge in [0.15, 0.2) is 5.42 Å². The minimum Gasteiger partial charge on any atom is -0.462 e. The van der Waals surface area contributed by atoms with Crippen molar-refractivity contribution in [2.75, 3.05) is 11.5 Å². The van der Waals surface area contributed by atoms with Gasteiger partial charge in [-0.05, 0) is 79.1 Å². The lowest BCUT2D eigenvalue weighted by Crippen LogP contribution is -2.32. The largest absolute Gasteiger partial charge is 0.462 e. The van der Waals surface area contributed by atoms with Crippen molar-refractivity contribution in [3.8, 4) is 0 Å². The van der Waals surface area contributed by atoms with Gasteiger partial charge in [0.25, 0.3) is 0 Å². The maximum Gasteiger partial charge on any atom is 0.340 e. The zero-order valence-corrected chi connectivity index (χ0v) is 25.8. The number of rotatable bonds is 10. The number of oxazole rings is 1. The number of carbonyl (C=O) groups excluding carboxylic acids is 1. The number of hydrogen-bond acceptors (Lipinski definition) is 5. The van der Waals surface area contributed by atoms with Gasteiger partial charge in [-0.2, -0.15) is 4.99 Å². The van der Waals surface area contributed by atoms with Crippen LogP contribution in [-0.4, -0.2) is 17.1 Å². The minimum absolute atomic E-state index is 0.278. The van der Waals surface area contributed by atoms with E-state index in [0.717, 1.165) is 29.0 Å². The zero-order chi connectivity index (χ0) is 31.7. The molecule has 0 saturated carbocycles. The highest BCUT2D eigenvalue weighted by atomic mass is 16.5. The van der Waals surface area contributed by atoms with Crippen LogP contribution in [0.5, 0.6) is 0 Å². The van der Waals surface area contributed by atoms with E-state index >= 15 is 0 Å². The van der Waals surface area contributed by atoms with Gasteiger partial charge < -0.3 is 14.1 Å². The number of anilines is 3. The summed E-state index contributed by atoms with van der Waals surface area (Å²) in [6, 6.07) is 46.3. The van der Waals surface area contributed by atoms with Crippen molar-refractivity contribution in [3.05, 3.63) is 173 Å². The molecule has 0 N–H and O–H groups in total. The first kappa shape index (κ1) is 30.2. The predicted octanol–water partition coefficient (Wildman–Crippen LogP) is 7.44. The molecule has 6 heteroatoms. The Morgan fingerprint density at radius 2 is 1.35 bits per heavy atom. The highest BCUT2D eigenvalue weighted by molar-refractivity contribution is 5.94. The normalized spacial score (nSPS) is 11.8. The van der Waals surface area contributed by atoms with Gasteiger partial charge in [0.05, 0.1) is 23.2 Å². The molecule has 0 spiro atoms. The van der Waals surface area contributed by atoms with E-state index in [-0.39, 0.29) is 6.61 Å². The monoisotopic (exact) mass is 605 g/mol. The third-order valence-corrected chi connectivity index (χ3v) is 7.60. The Kier molecular flexibility index (Phi) is 9.35. The molecule has 0 aliphatic carbocycles. The molecule has 5 aromatic carbocycles. The number of hydrogen-bond donors (Lipinski definition) is 0. The first-order chi connectivity index (χ1) is 22.6. The van der Waals surface area contributed by atoms with Gasteiger partial charge in [0.1, 0.15) is 0 Å². The van der Waals surface area contributed by atoms with Gasteiger partial charge in [0.2, 0.25) is 0 Å². The van der Waals surface area contributed by atoms with Crippen LogP contribution in [0.2, 0.25) is 0 Å². The summed E-state index contributed by atoms with van der Waals surface area (Å²) in [7, 11) is 0. The standard InChI is InChI=1S/C40H35N3O3/c1-3-45-39(44)36-21-13-14-22-37(36)41-40-42(28-27-31-15-7-4-8-16-31)30(2)38(46-40)29-32-23-25-35(26-24-32)43(33-17-9-5-10-18-33)34-19-11-6-12-20-34/h4-26,29H,2-3,27-28H2,1H3/b38-29+,41-40-. The molecule has 0 aliphatic rings. The quantitative estimate of drug-likeness (QED) is 0.152. The average Bonchev–Trinajstić information content (AvgIpc) is 3.39. The molecule has 46 heavy (non-hydrogen) atoms. The molecule has 0 unspecified atom stereocenters. The number of esters is 1. The van der Waals surface area contributed by atoms with Crippen LogP contribution in [0.15, 0.2) is 149 Å². The van der Waals surface area contributed by atoms with Crippen LogP contribution in [0.25, 0.3) is 12.7 Å². The maximum absolute atomic E-state index is 12.7. The first-order valence-corrected chi connectivity index (χ1v) is 15.4. The van der Waals surface area contributed by atoms with Crippen LogP contribution in [-0.2, 0) is 17.7 Å². The van der Waals surface area contributed by atoms with Crippen LogP contribution < -0.4 is 21.3 Å². The Morgan fingerprint density at radius 1 is 0.783 bits per heavy atom. The van der Waals surface area contributed by atoms with Gasteiger partial charge in [-0.15, -0.1) is 0 Å². The summed E-state index contributed by atoms with van der Waals surface area (Å²) in [6.07, 6.45) is 2.73. The van der Waals surface area contributed by atoms with Crippen molar-refractivity contribution in [2.45, 2.75) is 19.9 Å². The Balaban J connectivity index is 1.40. The molecule has 228 valence electrons. The van der Waals surface area contributed by atoms with Crippen molar-refractivity contribution in [3.63, 3.8) is 0 Å². The highest BCUT2D eigenvalue weighted by Gasteiger charge is 2.14. The number of aryl methyl sites for hydroxylation is 1. The molecule has 1 heterocycles. The fourth-order valence-electron chi connectivity index (χ4n) is 5.30. The Hall–Kier alpha value is -5.88. The number of ether oxygens (including phenoxy) is 1. The molecule has 6 aromatic rings. The summed E-state index contributed by atoms with van der Waals surface area (Å²) >= 11 is 0. The molecule has 0 radical (unpaired) electrons. The van der Waals surface area contributed by atoms with Crippen molar-refractivity contribution in [2.24, 2.45) is 4.99 Å². The fraction of sp³-hybridized carbons (Fsp3) is 0.100. The SMILES string of the molecule is C=c1/c(=C\c2ccc(N(c3ccccc3)c3ccccc3)cc2)o/c(=N\c2ccccc2C(=O)OCC)n1CCc1ccccc1. The molecule has 0 atom stereocenters. The second-order valence-corrected chi connectivity index (χ2v) is 10.7. The van der Waals surface area contributed by atoms with Gasteiger partial charge in [-0.25, -0.2) is 4.79 Å². The molecule has 0 saturated heterocycles. The van der Waals surface area contributed by atoms with E-state index in [2.05, 4.69) is 72.1 Å². The zero-order valence-electron chi connectivity index (χ0n) is 25.8. The predicted molar refractivity (Wildman–Crippen MR) is 184 cm³/mol. The van der Waals surface area contributed by atoms with E-state index in [1.54, 1.807) is 25.1 Å². The van der Waals surface area contributed by atoms with Gasteiger partial charge in [-0.1, -0.05) is 97.6 Å². The lowest BCUT2D eigenvalue weighted by molar-refractivity contribution is 0.0527. The lowest BCUT2D eigenvalue weighted by atomic mass is 10.1. The summed E-state index contributed by atoms with van der Waals surface area (Å²) in [5.74, 6) is -0.425. The average molecular weight is 606 g/mol. The van der Waals surface area contributed by atoms with Crippen LogP contribution in [0.1, 0.15) is 28.4 Å². The topological polar surface area (TPSA) is 60.0 Å². The molecular weight excluding hydrogens is 570 g/mol. The van der Waals surface area contributed by atoms with Gasteiger partial charge >= 0.3 is 11.7 Å².